The number of imide groups is 1. The van der Waals surface area contributed by atoms with Gasteiger partial charge in [0.2, 0.25) is 0 Å². The summed E-state index contributed by atoms with van der Waals surface area (Å²) in [5.74, 6) is -0.844. The van der Waals surface area contributed by atoms with Crippen molar-refractivity contribution in [2.45, 2.75) is 46.6 Å². The molecule has 0 heterocycles. The Morgan fingerprint density at radius 3 is 2.28 bits per heavy atom. The SMILES string of the molecule is Cc1cc(OCC(=O)O[C@H](C(=O)NC(N)=O)C(C)C)ccc1C(C)C. The molecule has 3 N–H and O–H groups in total. The van der Waals surface area contributed by atoms with E-state index in [0.717, 1.165) is 5.56 Å². The molecule has 0 bridgehead atoms. The molecule has 1 atom stereocenters. The maximum Gasteiger partial charge on any atom is 0.344 e. The summed E-state index contributed by atoms with van der Waals surface area (Å²) in [5.41, 5.74) is 7.19. The standard InChI is InChI=1S/C18H26N2O5/c1-10(2)14-7-6-13(8-12(14)5)24-9-15(21)25-16(11(3)4)17(22)20-18(19)23/h6-8,10-11,16H,9H2,1-5H3,(H3,19,20,22,23)/t16-/m0/s1. The highest BCUT2D eigenvalue weighted by atomic mass is 16.6. The first-order chi connectivity index (χ1) is 11.6. The van der Waals surface area contributed by atoms with Gasteiger partial charge >= 0.3 is 12.0 Å². The van der Waals surface area contributed by atoms with Gasteiger partial charge in [0, 0.05) is 0 Å². The van der Waals surface area contributed by atoms with Crippen LogP contribution in [0.15, 0.2) is 18.2 Å². The first-order valence-corrected chi connectivity index (χ1v) is 8.15. The molecule has 0 fully saturated rings. The van der Waals surface area contributed by atoms with Gasteiger partial charge in [-0.3, -0.25) is 10.1 Å². The lowest BCUT2D eigenvalue weighted by molar-refractivity contribution is -0.160. The van der Waals surface area contributed by atoms with Crippen LogP contribution in [0.25, 0.3) is 0 Å². The summed E-state index contributed by atoms with van der Waals surface area (Å²) in [6.45, 7) is 9.21. The first-order valence-electron chi connectivity index (χ1n) is 8.15. The average molecular weight is 350 g/mol. The Labute approximate surface area is 147 Å². The van der Waals surface area contributed by atoms with Crippen LogP contribution < -0.4 is 15.8 Å². The Morgan fingerprint density at radius 1 is 1.16 bits per heavy atom. The quantitative estimate of drug-likeness (QED) is 0.733. The molecule has 0 unspecified atom stereocenters. The topological polar surface area (TPSA) is 108 Å². The number of carbonyl (C=O) groups excluding carboxylic acids is 3. The van der Waals surface area contributed by atoms with Crippen LogP contribution in [0.2, 0.25) is 0 Å². The number of ether oxygens (including phenoxy) is 2. The monoisotopic (exact) mass is 350 g/mol. The molecule has 0 aliphatic heterocycles. The Kier molecular flexibility index (Phi) is 7.42. The molecule has 0 saturated heterocycles. The van der Waals surface area contributed by atoms with Gasteiger partial charge in [0.05, 0.1) is 0 Å². The maximum absolute atomic E-state index is 11.9. The van der Waals surface area contributed by atoms with E-state index in [2.05, 4.69) is 13.8 Å². The maximum atomic E-state index is 11.9. The van der Waals surface area contributed by atoms with E-state index in [4.69, 9.17) is 15.2 Å². The zero-order valence-corrected chi connectivity index (χ0v) is 15.3. The van der Waals surface area contributed by atoms with E-state index in [9.17, 15) is 14.4 Å². The first kappa shape index (κ1) is 20.5. The van der Waals surface area contributed by atoms with Crippen molar-refractivity contribution in [3.63, 3.8) is 0 Å². The second kappa shape index (κ2) is 9.05. The largest absolute Gasteiger partial charge is 0.482 e. The van der Waals surface area contributed by atoms with Gasteiger partial charge in [-0.1, -0.05) is 33.8 Å². The van der Waals surface area contributed by atoms with E-state index in [1.54, 1.807) is 19.9 Å². The van der Waals surface area contributed by atoms with Crippen LogP contribution in [-0.4, -0.2) is 30.6 Å². The van der Waals surface area contributed by atoms with Crippen molar-refractivity contribution in [2.75, 3.05) is 6.61 Å². The number of esters is 1. The van der Waals surface area contributed by atoms with Gasteiger partial charge in [-0.2, -0.15) is 0 Å². The summed E-state index contributed by atoms with van der Waals surface area (Å²) in [6.07, 6.45) is -1.12. The predicted octanol–water partition coefficient (Wildman–Crippen LogP) is 2.26. The molecule has 0 aromatic heterocycles. The minimum Gasteiger partial charge on any atom is -0.482 e. The summed E-state index contributed by atoms with van der Waals surface area (Å²) in [7, 11) is 0. The van der Waals surface area contributed by atoms with Crippen LogP contribution >= 0.6 is 0 Å². The third-order valence-corrected chi connectivity index (χ3v) is 3.59. The highest BCUT2D eigenvalue weighted by Gasteiger charge is 2.27. The molecule has 7 heteroatoms. The smallest absolute Gasteiger partial charge is 0.344 e. The lowest BCUT2D eigenvalue weighted by atomic mass is 9.98. The number of urea groups is 1. The lowest BCUT2D eigenvalue weighted by Gasteiger charge is -2.20. The van der Waals surface area contributed by atoms with Crippen molar-refractivity contribution >= 4 is 17.9 Å². The van der Waals surface area contributed by atoms with Crippen LogP contribution in [-0.2, 0) is 14.3 Å². The fourth-order valence-electron chi connectivity index (χ4n) is 2.39. The van der Waals surface area contributed by atoms with E-state index in [1.807, 2.05) is 24.4 Å². The van der Waals surface area contributed by atoms with Crippen LogP contribution in [0, 0.1) is 12.8 Å². The minimum absolute atomic E-state index is 0.323. The number of amides is 3. The average Bonchev–Trinajstić information content (AvgIpc) is 2.49. The normalized spacial score (nSPS) is 12.0. The predicted molar refractivity (Wildman–Crippen MR) is 93.2 cm³/mol. The molecular weight excluding hydrogens is 324 g/mol. The van der Waals surface area contributed by atoms with Crippen molar-refractivity contribution in [3.05, 3.63) is 29.3 Å². The Morgan fingerprint density at radius 2 is 1.80 bits per heavy atom. The van der Waals surface area contributed by atoms with Crippen molar-refractivity contribution in [1.29, 1.82) is 0 Å². The Bertz CT molecular complexity index is 640. The fraction of sp³-hybridized carbons (Fsp3) is 0.500. The second-order valence-corrected chi connectivity index (χ2v) is 6.47. The summed E-state index contributed by atoms with van der Waals surface area (Å²) in [5, 5.41) is 1.91. The summed E-state index contributed by atoms with van der Waals surface area (Å²) in [6, 6.07) is 4.60. The molecule has 0 aliphatic carbocycles. The third-order valence-electron chi connectivity index (χ3n) is 3.59. The second-order valence-electron chi connectivity index (χ2n) is 6.47. The van der Waals surface area contributed by atoms with Crippen LogP contribution in [0.4, 0.5) is 4.79 Å². The number of hydrogen-bond acceptors (Lipinski definition) is 5. The van der Waals surface area contributed by atoms with Gasteiger partial charge in [0.15, 0.2) is 12.7 Å². The fourth-order valence-corrected chi connectivity index (χ4v) is 2.39. The van der Waals surface area contributed by atoms with E-state index in [0.29, 0.717) is 11.7 Å². The summed E-state index contributed by atoms with van der Waals surface area (Å²) >= 11 is 0. The van der Waals surface area contributed by atoms with E-state index in [1.165, 1.54) is 5.56 Å². The molecule has 0 aliphatic rings. The van der Waals surface area contributed by atoms with Crippen molar-refractivity contribution in [1.82, 2.24) is 5.32 Å². The molecular formula is C18H26N2O5. The molecule has 138 valence electrons. The number of benzene rings is 1. The number of nitrogens with two attached hydrogens (primary N) is 1. The minimum atomic E-state index is -1.12. The summed E-state index contributed by atoms with van der Waals surface area (Å²) in [4.78, 5) is 34.5. The highest BCUT2D eigenvalue weighted by molar-refractivity contribution is 5.96. The van der Waals surface area contributed by atoms with Crippen LogP contribution in [0.5, 0.6) is 5.75 Å². The van der Waals surface area contributed by atoms with Gasteiger partial charge in [-0.15, -0.1) is 0 Å². The lowest BCUT2D eigenvalue weighted by Crippen LogP contribution is -2.46. The summed E-state index contributed by atoms with van der Waals surface area (Å²) < 4.78 is 10.5. The molecule has 1 aromatic carbocycles. The van der Waals surface area contributed by atoms with E-state index < -0.39 is 24.0 Å². The van der Waals surface area contributed by atoms with Crippen molar-refractivity contribution in [3.8, 4) is 5.75 Å². The molecule has 3 amide bonds. The number of rotatable bonds is 7. The zero-order valence-electron chi connectivity index (χ0n) is 15.3. The number of carbonyl (C=O) groups is 3. The molecule has 0 spiro atoms. The van der Waals surface area contributed by atoms with E-state index >= 15 is 0 Å². The van der Waals surface area contributed by atoms with Gasteiger partial charge in [-0.25, -0.2) is 9.59 Å². The third kappa shape index (κ3) is 6.45. The van der Waals surface area contributed by atoms with E-state index in [-0.39, 0.29) is 12.5 Å². The Hall–Kier alpha value is -2.57. The molecule has 7 nitrogen and oxygen atoms in total. The number of hydrogen-bond donors (Lipinski definition) is 2. The van der Waals surface area contributed by atoms with Crippen molar-refractivity contribution < 1.29 is 23.9 Å². The van der Waals surface area contributed by atoms with Crippen LogP contribution in [0.1, 0.15) is 44.7 Å². The van der Waals surface area contributed by atoms with Gasteiger partial charge < -0.3 is 15.2 Å². The zero-order chi connectivity index (χ0) is 19.1. The number of aryl methyl sites for hydroxylation is 1. The molecule has 25 heavy (non-hydrogen) atoms. The Balaban J connectivity index is 2.65. The van der Waals surface area contributed by atoms with Gasteiger partial charge in [0.25, 0.3) is 5.91 Å². The van der Waals surface area contributed by atoms with Gasteiger partial charge in [-0.05, 0) is 42.0 Å². The molecule has 1 aromatic rings. The number of primary amides is 1. The highest BCUT2D eigenvalue weighted by Crippen LogP contribution is 2.23. The molecule has 0 radical (unpaired) electrons. The van der Waals surface area contributed by atoms with Gasteiger partial charge in [0.1, 0.15) is 5.75 Å². The molecule has 1 rings (SSSR count). The molecule has 0 saturated carbocycles. The van der Waals surface area contributed by atoms with Crippen molar-refractivity contribution in [2.24, 2.45) is 11.7 Å². The number of nitrogens with one attached hydrogen (secondary N) is 1. The van der Waals surface area contributed by atoms with Crippen LogP contribution in [0.3, 0.4) is 0 Å².